The van der Waals surface area contributed by atoms with Crippen LogP contribution in [0.1, 0.15) is 28.5 Å². The van der Waals surface area contributed by atoms with Crippen LogP contribution in [0.4, 0.5) is 0 Å². The molecule has 0 saturated carbocycles. The maximum Gasteiger partial charge on any atom is 0.253 e. The number of fused-ring (bicyclic) bond motifs is 1. The molecule has 2 heterocycles. The first-order valence-electron chi connectivity index (χ1n) is 7.89. The summed E-state index contributed by atoms with van der Waals surface area (Å²) in [7, 11) is 0. The third-order valence-corrected chi connectivity index (χ3v) is 3.70. The highest BCUT2D eigenvalue weighted by Crippen LogP contribution is 2.16. The number of hydrogen-bond donors (Lipinski definition) is 1. The predicted molar refractivity (Wildman–Crippen MR) is 93.1 cm³/mol. The van der Waals surface area contributed by atoms with Gasteiger partial charge in [0, 0.05) is 24.2 Å². The van der Waals surface area contributed by atoms with Gasteiger partial charge in [0.15, 0.2) is 0 Å². The van der Waals surface area contributed by atoms with Crippen LogP contribution in [0.25, 0.3) is 10.9 Å². The third-order valence-electron chi connectivity index (χ3n) is 3.70. The largest absolute Gasteiger partial charge is 0.478 e. The number of rotatable bonds is 5. The molecule has 0 aliphatic carbocycles. The number of nitrogens with one attached hydrogen (secondary N) is 1. The topological polar surface area (TPSA) is 64.1 Å². The zero-order valence-electron chi connectivity index (χ0n) is 13.7. The van der Waals surface area contributed by atoms with Crippen LogP contribution in [0.5, 0.6) is 5.88 Å². The van der Waals surface area contributed by atoms with Crippen LogP contribution >= 0.6 is 0 Å². The molecule has 24 heavy (non-hydrogen) atoms. The first kappa shape index (κ1) is 15.9. The van der Waals surface area contributed by atoms with Crippen molar-refractivity contribution >= 4 is 16.8 Å². The summed E-state index contributed by atoms with van der Waals surface area (Å²) in [5, 5.41) is 3.88. The van der Waals surface area contributed by atoms with Crippen molar-refractivity contribution in [3.05, 3.63) is 65.5 Å². The van der Waals surface area contributed by atoms with E-state index in [1.807, 2.05) is 56.3 Å². The minimum atomic E-state index is -0.138. The molecule has 1 aromatic carbocycles. The van der Waals surface area contributed by atoms with E-state index in [2.05, 4.69) is 15.3 Å². The molecule has 2 aromatic heterocycles. The van der Waals surface area contributed by atoms with E-state index in [1.54, 1.807) is 6.20 Å². The number of pyridine rings is 2. The predicted octanol–water partition coefficient (Wildman–Crippen LogP) is 3.27. The zero-order chi connectivity index (χ0) is 16.9. The minimum absolute atomic E-state index is 0.138. The lowest BCUT2D eigenvalue weighted by Crippen LogP contribution is -2.24. The van der Waals surface area contributed by atoms with Gasteiger partial charge in [-0.3, -0.25) is 9.78 Å². The molecule has 0 atom stereocenters. The number of ether oxygens (including phenoxy) is 1. The Kier molecular flexibility index (Phi) is 4.70. The van der Waals surface area contributed by atoms with E-state index < -0.39 is 0 Å². The van der Waals surface area contributed by atoms with Crippen LogP contribution < -0.4 is 10.1 Å². The number of amides is 1. The normalized spacial score (nSPS) is 10.6. The number of nitrogens with zero attached hydrogens (tertiary/aromatic N) is 2. The summed E-state index contributed by atoms with van der Waals surface area (Å²) < 4.78 is 5.37. The lowest BCUT2D eigenvalue weighted by Gasteiger charge is -2.09. The molecule has 0 unspecified atom stereocenters. The summed E-state index contributed by atoms with van der Waals surface area (Å²) in [5.41, 5.74) is 3.14. The molecule has 0 radical (unpaired) electrons. The Morgan fingerprint density at radius 1 is 1.21 bits per heavy atom. The number of para-hydroxylation sites is 1. The second kappa shape index (κ2) is 7.08. The summed E-state index contributed by atoms with van der Waals surface area (Å²) >= 11 is 0. The maximum atomic E-state index is 12.5. The van der Waals surface area contributed by atoms with Gasteiger partial charge in [0.25, 0.3) is 5.91 Å². The molecule has 0 bridgehead atoms. The fourth-order valence-corrected chi connectivity index (χ4v) is 2.51. The van der Waals surface area contributed by atoms with Gasteiger partial charge in [-0.05, 0) is 37.6 Å². The second-order valence-electron chi connectivity index (χ2n) is 5.43. The molecule has 3 aromatic rings. The molecule has 5 nitrogen and oxygen atoms in total. The van der Waals surface area contributed by atoms with Gasteiger partial charge in [0.1, 0.15) is 0 Å². The molecule has 0 spiro atoms. The van der Waals surface area contributed by atoms with Crippen LogP contribution in [-0.2, 0) is 6.54 Å². The molecule has 1 N–H and O–H groups in total. The average Bonchev–Trinajstić information content (AvgIpc) is 2.60. The molecular weight excluding hydrogens is 302 g/mol. The monoisotopic (exact) mass is 321 g/mol. The molecule has 0 fully saturated rings. The number of benzene rings is 1. The van der Waals surface area contributed by atoms with E-state index in [0.717, 1.165) is 22.2 Å². The second-order valence-corrected chi connectivity index (χ2v) is 5.43. The van der Waals surface area contributed by atoms with Crippen LogP contribution in [-0.4, -0.2) is 22.5 Å². The Hall–Kier alpha value is -2.95. The highest BCUT2D eigenvalue weighted by Gasteiger charge is 2.11. The highest BCUT2D eigenvalue weighted by atomic mass is 16.5. The Balaban J connectivity index is 1.75. The summed E-state index contributed by atoms with van der Waals surface area (Å²) in [5.74, 6) is 0.424. The maximum absolute atomic E-state index is 12.5. The Bertz CT molecular complexity index is 877. The van der Waals surface area contributed by atoms with E-state index in [9.17, 15) is 4.79 Å². The summed E-state index contributed by atoms with van der Waals surface area (Å²) in [6.07, 6.45) is 1.68. The van der Waals surface area contributed by atoms with E-state index in [0.29, 0.717) is 24.6 Å². The molecule has 5 heteroatoms. The van der Waals surface area contributed by atoms with Gasteiger partial charge in [-0.1, -0.05) is 18.2 Å². The molecule has 0 aliphatic heterocycles. The lowest BCUT2D eigenvalue weighted by atomic mass is 10.1. The molecule has 122 valence electrons. The Labute approximate surface area is 140 Å². The minimum Gasteiger partial charge on any atom is -0.478 e. The first-order valence-corrected chi connectivity index (χ1v) is 7.89. The lowest BCUT2D eigenvalue weighted by molar-refractivity contribution is 0.0950. The Morgan fingerprint density at radius 2 is 2.04 bits per heavy atom. The number of aryl methyl sites for hydroxylation is 1. The van der Waals surface area contributed by atoms with Gasteiger partial charge in [-0.2, -0.15) is 0 Å². The molecule has 0 aliphatic rings. The van der Waals surface area contributed by atoms with Crippen LogP contribution in [0.2, 0.25) is 0 Å². The van der Waals surface area contributed by atoms with Crippen LogP contribution in [0.15, 0.2) is 48.7 Å². The summed E-state index contributed by atoms with van der Waals surface area (Å²) in [4.78, 5) is 21.1. The van der Waals surface area contributed by atoms with Crippen molar-refractivity contribution in [3.8, 4) is 5.88 Å². The van der Waals surface area contributed by atoms with Gasteiger partial charge >= 0.3 is 0 Å². The van der Waals surface area contributed by atoms with Crippen LogP contribution in [0.3, 0.4) is 0 Å². The smallest absolute Gasteiger partial charge is 0.253 e. The van der Waals surface area contributed by atoms with Gasteiger partial charge in [-0.25, -0.2) is 4.98 Å². The number of carbonyl (C=O) groups is 1. The van der Waals surface area contributed by atoms with Crippen molar-refractivity contribution in [1.29, 1.82) is 0 Å². The standard InChI is InChI=1S/C19H19N3O2/c1-3-24-18-10-14(8-9-20-18)12-21-19(23)16-11-15-6-4-5-7-17(15)22-13(16)2/h4-11H,3,12H2,1-2H3,(H,21,23). The van der Waals surface area contributed by atoms with Crippen LogP contribution in [0, 0.1) is 6.92 Å². The summed E-state index contributed by atoms with van der Waals surface area (Å²) in [6.45, 7) is 4.73. The van der Waals surface area contributed by atoms with Crippen molar-refractivity contribution in [3.63, 3.8) is 0 Å². The van der Waals surface area contributed by atoms with Crippen molar-refractivity contribution < 1.29 is 9.53 Å². The fourth-order valence-electron chi connectivity index (χ4n) is 2.51. The fraction of sp³-hybridized carbons (Fsp3) is 0.211. The van der Waals surface area contributed by atoms with Crippen molar-refractivity contribution in [2.24, 2.45) is 0 Å². The summed E-state index contributed by atoms with van der Waals surface area (Å²) in [6, 6.07) is 13.3. The quantitative estimate of drug-likeness (QED) is 0.783. The molecule has 3 rings (SSSR count). The van der Waals surface area contributed by atoms with Crippen molar-refractivity contribution in [1.82, 2.24) is 15.3 Å². The van der Waals surface area contributed by atoms with E-state index in [-0.39, 0.29) is 5.91 Å². The van der Waals surface area contributed by atoms with Gasteiger partial charge in [0.05, 0.1) is 23.4 Å². The van der Waals surface area contributed by atoms with Gasteiger partial charge < -0.3 is 10.1 Å². The van der Waals surface area contributed by atoms with Crippen molar-refractivity contribution in [2.45, 2.75) is 20.4 Å². The first-order chi connectivity index (χ1) is 11.7. The Morgan fingerprint density at radius 3 is 2.88 bits per heavy atom. The molecule has 0 saturated heterocycles. The van der Waals surface area contributed by atoms with E-state index in [4.69, 9.17) is 4.74 Å². The average molecular weight is 321 g/mol. The third kappa shape index (κ3) is 3.51. The SMILES string of the molecule is CCOc1cc(CNC(=O)c2cc3ccccc3nc2C)ccn1. The highest BCUT2D eigenvalue weighted by molar-refractivity contribution is 5.98. The van der Waals surface area contributed by atoms with E-state index >= 15 is 0 Å². The number of aromatic nitrogens is 2. The van der Waals surface area contributed by atoms with Gasteiger partial charge in [0.2, 0.25) is 5.88 Å². The number of hydrogen-bond acceptors (Lipinski definition) is 4. The molecular formula is C19H19N3O2. The van der Waals surface area contributed by atoms with E-state index in [1.165, 1.54) is 0 Å². The molecule has 1 amide bonds. The van der Waals surface area contributed by atoms with Gasteiger partial charge in [-0.15, -0.1) is 0 Å². The zero-order valence-corrected chi connectivity index (χ0v) is 13.7. The number of carbonyl (C=O) groups excluding carboxylic acids is 1. The van der Waals surface area contributed by atoms with Crippen molar-refractivity contribution in [2.75, 3.05) is 6.61 Å².